The molecule has 5 heteroatoms. The first-order valence-electron chi connectivity index (χ1n) is 6.69. The number of halogens is 1. The molecular weight excluding hydrogens is 261 g/mol. The highest BCUT2D eigenvalue weighted by molar-refractivity contribution is 5.87. The van der Waals surface area contributed by atoms with Gasteiger partial charge in [-0.3, -0.25) is 4.90 Å². The number of ether oxygens (including phenoxy) is 1. The van der Waals surface area contributed by atoms with Crippen LogP contribution < -0.4 is 0 Å². The molecule has 1 N–H and O–H groups in total. The summed E-state index contributed by atoms with van der Waals surface area (Å²) in [7, 11) is 0. The van der Waals surface area contributed by atoms with Gasteiger partial charge in [-0.05, 0) is 39.0 Å². The minimum absolute atomic E-state index is 0.0736. The van der Waals surface area contributed by atoms with Gasteiger partial charge in [-0.25, -0.2) is 9.18 Å². The van der Waals surface area contributed by atoms with Gasteiger partial charge in [-0.1, -0.05) is 0 Å². The van der Waals surface area contributed by atoms with Gasteiger partial charge < -0.3 is 9.84 Å². The molecule has 0 spiro atoms. The number of carboxylic acids is 1. The minimum atomic E-state index is -1.04. The predicted molar refractivity (Wildman–Crippen MR) is 73.3 cm³/mol. The molecular formula is C15H20FNO3. The molecule has 1 aliphatic rings. The van der Waals surface area contributed by atoms with Crippen LogP contribution in [-0.2, 0) is 11.3 Å². The van der Waals surface area contributed by atoms with Gasteiger partial charge in [0.25, 0.3) is 0 Å². The molecule has 4 nitrogen and oxygen atoms in total. The number of benzene rings is 1. The van der Waals surface area contributed by atoms with E-state index in [0.29, 0.717) is 25.2 Å². The molecule has 0 aliphatic carbocycles. The number of carbonyl (C=O) groups is 1. The SMILES string of the molecule is CC1CN(Cc2cc(C(=O)O)ccc2F)CC(C)(C)O1. The lowest BCUT2D eigenvalue weighted by Gasteiger charge is -2.41. The highest BCUT2D eigenvalue weighted by Gasteiger charge is 2.31. The smallest absolute Gasteiger partial charge is 0.335 e. The molecule has 0 amide bonds. The number of hydrogen-bond donors (Lipinski definition) is 1. The van der Waals surface area contributed by atoms with Crippen molar-refractivity contribution in [3.8, 4) is 0 Å². The summed E-state index contributed by atoms with van der Waals surface area (Å²) in [6.45, 7) is 7.77. The second-order valence-corrected chi connectivity index (χ2v) is 5.97. The molecule has 1 aliphatic heterocycles. The van der Waals surface area contributed by atoms with E-state index in [-0.39, 0.29) is 23.1 Å². The van der Waals surface area contributed by atoms with Gasteiger partial charge in [0.05, 0.1) is 17.3 Å². The van der Waals surface area contributed by atoms with Crippen LogP contribution in [0.2, 0.25) is 0 Å². The Labute approximate surface area is 118 Å². The number of morpholine rings is 1. The molecule has 1 saturated heterocycles. The summed E-state index contributed by atoms with van der Waals surface area (Å²) in [5.74, 6) is -1.41. The fourth-order valence-electron chi connectivity index (χ4n) is 2.78. The molecule has 1 heterocycles. The zero-order valence-electron chi connectivity index (χ0n) is 12.0. The fourth-order valence-corrected chi connectivity index (χ4v) is 2.78. The van der Waals surface area contributed by atoms with Gasteiger partial charge in [-0.2, -0.15) is 0 Å². The molecule has 110 valence electrons. The number of hydrogen-bond acceptors (Lipinski definition) is 3. The van der Waals surface area contributed by atoms with Crippen molar-refractivity contribution in [2.75, 3.05) is 13.1 Å². The summed E-state index contributed by atoms with van der Waals surface area (Å²) in [4.78, 5) is 13.1. The number of carboxylic acid groups (broad SMARTS) is 1. The largest absolute Gasteiger partial charge is 0.478 e. The molecule has 20 heavy (non-hydrogen) atoms. The van der Waals surface area contributed by atoms with Gasteiger partial charge in [0.1, 0.15) is 5.82 Å². The number of nitrogens with zero attached hydrogens (tertiary/aromatic N) is 1. The van der Waals surface area contributed by atoms with Crippen LogP contribution in [-0.4, -0.2) is 40.8 Å². The third kappa shape index (κ3) is 3.55. The van der Waals surface area contributed by atoms with E-state index in [1.165, 1.54) is 18.2 Å². The minimum Gasteiger partial charge on any atom is -0.478 e. The summed E-state index contributed by atoms with van der Waals surface area (Å²) < 4.78 is 19.6. The summed E-state index contributed by atoms with van der Waals surface area (Å²) in [5.41, 5.74) is 0.246. The molecule has 0 bridgehead atoms. The monoisotopic (exact) mass is 281 g/mol. The third-order valence-electron chi connectivity index (χ3n) is 3.33. The van der Waals surface area contributed by atoms with Crippen molar-refractivity contribution >= 4 is 5.97 Å². The Kier molecular flexibility index (Phi) is 4.11. The van der Waals surface area contributed by atoms with Crippen molar-refractivity contribution in [2.45, 2.75) is 39.0 Å². The lowest BCUT2D eigenvalue weighted by Crippen LogP contribution is -2.51. The maximum absolute atomic E-state index is 13.8. The zero-order valence-corrected chi connectivity index (χ0v) is 12.0. The Morgan fingerprint density at radius 1 is 1.55 bits per heavy atom. The zero-order chi connectivity index (χ0) is 14.9. The van der Waals surface area contributed by atoms with Crippen molar-refractivity contribution in [1.82, 2.24) is 4.90 Å². The average molecular weight is 281 g/mol. The van der Waals surface area contributed by atoms with Gasteiger partial charge >= 0.3 is 5.97 Å². The molecule has 0 radical (unpaired) electrons. The second-order valence-electron chi connectivity index (χ2n) is 5.97. The highest BCUT2D eigenvalue weighted by atomic mass is 19.1. The Morgan fingerprint density at radius 2 is 2.25 bits per heavy atom. The number of aromatic carboxylic acids is 1. The lowest BCUT2D eigenvalue weighted by atomic mass is 10.0. The van der Waals surface area contributed by atoms with E-state index in [2.05, 4.69) is 4.90 Å². The van der Waals surface area contributed by atoms with Gasteiger partial charge in [0, 0.05) is 25.2 Å². The topological polar surface area (TPSA) is 49.8 Å². The maximum atomic E-state index is 13.8. The van der Waals surface area contributed by atoms with Crippen molar-refractivity contribution < 1.29 is 19.0 Å². The predicted octanol–water partition coefficient (Wildman–Crippen LogP) is 2.52. The van der Waals surface area contributed by atoms with Crippen LogP contribution in [0.4, 0.5) is 4.39 Å². The van der Waals surface area contributed by atoms with E-state index in [1.807, 2.05) is 20.8 Å². The van der Waals surface area contributed by atoms with E-state index in [4.69, 9.17) is 9.84 Å². The van der Waals surface area contributed by atoms with Gasteiger partial charge in [0.2, 0.25) is 0 Å². The van der Waals surface area contributed by atoms with Gasteiger partial charge in [0.15, 0.2) is 0 Å². The maximum Gasteiger partial charge on any atom is 0.335 e. The molecule has 1 aromatic carbocycles. The van der Waals surface area contributed by atoms with Crippen LogP contribution >= 0.6 is 0 Å². The standard InChI is InChI=1S/C15H20FNO3/c1-10-7-17(9-15(2,3)20-10)8-12-6-11(14(18)19)4-5-13(12)16/h4-6,10H,7-9H2,1-3H3,(H,18,19). The van der Waals surface area contributed by atoms with Gasteiger partial charge in [-0.15, -0.1) is 0 Å². The van der Waals surface area contributed by atoms with Crippen LogP contribution in [0.5, 0.6) is 0 Å². The number of rotatable bonds is 3. The Hall–Kier alpha value is -1.46. The normalized spacial score (nSPS) is 22.7. The van der Waals surface area contributed by atoms with Crippen molar-refractivity contribution in [3.05, 3.63) is 35.1 Å². The molecule has 1 aromatic rings. The molecule has 1 atom stereocenters. The Morgan fingerprint density at radius 3 is 2.85 bits per heavy atom. The first-order chi connectivity index (χ1) is 9.27. The molecule has 0 aromatic heterocycles. The molecule has 1 fully saturated rings. The third-order valence-corrected chi connectivity index (χ3v) is 3.33. The Bertz CT molecular complexity index is 516. The van der Waals surface area contributed by atoms with Crippen molar-refractivity contribution in [1.29, 1.82) is 0 Å². The van der Waals surface area contributed by atoms with Crippen LogP contribution in [0.15, 0.2) is 18.2 Å². The van der Waals surface area contributed by atoms with Crippen LogP contribution in [0.1, 0.15) is 36.7 Å². The fraction of sp³-hybridized carbons (Fsp3) is 0.533. The van der Waals surface area contributed by atoms with E-state index in [1.54, 1.807) is 0 Å². The lowest BCUT2D eigenvalue weighted by molar-refractivity contribution is -0.130. The first kappa shape index (κ1) is 14.9. The summed E-state index contributed by atoms with van der Waals surface area (Å²) in [6.07, 6.45) is 0.0736. The van der Waals surface area contributed by atoms with Crippen LogP contribution in [0.25, 0.3) is 0 Å². The summed E-state index contributed by atoms with van der Waals surface area (Å²) >= 11 is 0. The quantitative estimate of drug-likeness (QED) is 0.925. The second kappa shape index (κ2) is 5.50. The molecule has 1 unspecified atom stereocenters. The van der Waals surface area contributed by atoms with Crippen LogP contribution in [0.3, 0.4) is 0 Å². The molecule has 2 rings (SSSR count). The highest BCUT2D eigenvalue weighted by Crippen LogP contribution is 2.23. The average Bonchev–Trinajstić information content (AvgIpc) is 2.28. The Balaban J connectivity index is 2.17. The summed E-state index contributed by atoms with van der Waals surface area (Å²) in [6, 6.07) is 3.91. The van der Waals surface area contributed by atoms with Crippen molar-refractivity contribution in [3.63, 3.8) is 0 Å². The summed E-state index contributed by atoms with van der Waals surface area (Å²) in [5, 5.41) is 8.98. The van der Waals surface area contributed by atoms with E-state index >= 15 is 0 Å². The molecule has 0 saturated carbocycles. The first-order valence-corrected chi connectivity index (χ1v) is 6.69. The van der Waals surface area contributed by atoms with E-state index in [9.17, 15) is 9.18 Å². The van der Waals surface area contributed by atoms with E-state index < -0.39 is 5.97 Å². The van der Waals surface area contributed by atoms with Crippen LogP contribution in [0, 0.1) is 5.82 Å². The van der Waals surface area contributed by atoms with Crippen molar-refractivity contribution in [2.24, 2.45) is 0 Å². The van der Waals surface area contributed by atoms with E-state index in [0.717, 1.165) is 0 Å².